The Hall–Kier alpha value is -2.59. The minimum Gasteiger partial charge on any atom is -0.315 e. The summed E-state index contributed by atoms with van der Waals surface area (Å²) in [5.74, 6) is 0. The highest BCUT2D eigenvalue weighted by Crippen LogP contribution is 2.20. The van der Waals surface area contributed by atoms with Gasteiger partial charge in [-0.3, -0.25) is 0 Å². The number of amides is 2. The third-order valence-corrected chi connectivity index (χ3v) is 5.08. The maximum atomic E-state index is 12.9. The van der Waals surface area contributed by atoms with E-state index in [0.717, 1.165) is 16.8 Å². The van der Waals surface area contributed by atoms with Crippen LogP contribution in [0.2, 0.25) is 0 Å². The molecule has 0 radical (unpaired) electrons. The fourth-order valence-electron chi connectivity index (χ4n) is 2.67. The molecule has 0 spiro atoms. The molecular weight excluding hydrogens is 328 g/mol. The van der Waals surface area contributed by atoms with Crippen molar-refractivity contribution in [3.63, 3.8) is 0 Å². The van der Waals surface area contributed by atoms with E-state index in [0.29, 0.717) is 13.1 Å². The summed E-state index contributed by atoms with van der Waals surface area (Å²) in [4.78, 5) is 16.0. The highest BCUT2D eigenvalue weighted by atomic mass is 32.1. The second-order valence-electron chi connectivity index (χ2n) is 6.17. The van der Waals surface area contributed by atoms with Crippen molar-refractivity contribution in [2.24, 2.45) is 0 Å². The molecule has 1 heterocycles. The average Bonchev–Trinajstić information content (AvgIpc) is 3.00. The Kier molecular flexibility index (Phi) is 5.51. The van der Waals surface area contributed by atoms with E-state index < -0.39 is 0 Å². The number of anilines is 1. The van der Waals surface area contributed by atoms with E-state index in [1.54, 1.807) is 11.3 Å². The number of nitrogens with zero attached hydrogens (tertiary/aromatic N) is 1. The molecule has 0 aliphatic rings. The molecule has 4 heteroatoms. The molecule has 0 unspecified atom stereocenters. The first-order valence-corrected chi connectivity index (χ1v) is 9.19. The number of benzene rings is 2. The fourth-order valence-corrected chi connectivity index (χ4v) is 3.59. The maximum Gasteiger partial charge on any atom is 0.322 e. The van der Waals surface area contributed by atoms with Crippen LogP contribution in [0.15, 0.2) is 66.0 Å². The normalized spacial score (nSPS) is 10.5. The Balaban J connectivity index is 1.79. The van der Waals surface area contributed by atoms with Crippen LogP contribution in [0.1, 0.15) is 21.6 Å². The first-order chi connectivity index (χ1) is 12.1. The smallest absolute Gasteiger partial charge is 0.315 e. The number of hydrogen-bond donors (Lipinski definition) is 1. The molecular formula is C21H22N2OS. The average molecular weight is 350 g/mol. The Bertz CT molecular complexity index is 842. The lowest BCUT2D eigenvalue weighted by Gasteiger charge is -2.23. The first kappa shape index (κ1) is 17.2. The molecule has 3 rings (SSSR count). The molecule has 0 saturated heterocycles. The van der Waals surface area contributed by atoms with Crippen LogP contribution in [-0.4, -0.2) is 10.9 Å². The minimum absolute atomic E-state index is 0.0812. The zero-order chi connectivity index (χ0) is 17.6. The number of carbonyl (C=O) groups is 1. The Morgan fingerprint density at radius 1 is 1.00 bits per heavy atom. The molecule has 25 heavy (non-hydrogen) atoms. The fraction of sp³-hybridized carbons (Fsp3) is 0.190. The molecule has 0 atom stereocenters. The molecule has 3 aromatic rings. The van der Waals surface area contributed by atoms with Gasteiger partial charge in [0.05, 0.1) is 6.54 Å². The van der Waals surface area contributed by atoms with Crippen LogP contribution in [0.3, 0.4) is 0 Å². The topological polar surface area (TPSA) is 32.3 Å². The van der Waals surface area contributed by atoms with Gasteiger partial charge in [-0.1, -0.05) is 42.5 Å². The largest absolute Gasteiger partial charge is 0.322 e. The number of thiophene rings is 1. The van der Waals surface area contributed by atoms with Crippen molar-refractivity contribution in [3.8, 4) is 0 Å². The van der Waals surface area contributed by atoms with E-state index >= 15 is 0 Å². The summed E-state index contributed by atoms with van der Waals surface area (Å²) in [6.45, 7) is 5.29. The van der Waals surface area contributed by atoms with Gasteiger partial charge in [0.1, 0.15) is 0 Å². The van der Waals surface area contributed by atoms with Gasteiger partial charge in [-0.25, -0.2) is 4.79 Å². The van der Waals surface area contributed by atoms with Gasteiger partial charge in [-0.05, 0) is 54.1 Å². The molecule has 128 valence electrons. The molecule has 1 N–H and O–H groups in total. The highest BCUT2D eigenvalue weighted by molar-refractivity contribution is 7.10. The molecule has 1 aromatic heterocycles. The van der Waals surface area contributed by atoms with Crippen molar-refractivity contribution >= 4 is 23.1 Å². The summed E-state index contributed by atoms with van der Waals surface area (Å²) >= 11 is 1.69. The van der Waals surface area contributed by atoms with Gasteiger partial charge in [0, 0.05) is 17.1 Å². The van der Waals surface area contributed by atoms with Crippen molar-refractivity contribution in [1.29, 1.82) is 0 Å². The van der Waals surface area contributed by atoms with Gasteiger partial charge in [0.25, 0.3) is 0 Å². The molecule has 2 aromatic carbocycles. The molecule has 0 fully saturated rings. The molecule has 0 aliphatic heterocycles. The van der Waals surface area contributed by atoms with E-state index in [4.69, 9.17) is 0 Å². The lowest BCUT2D eigenvalue weighted by Crippen LogP contribution is -2.34. The maximum absolute atomic E-state index is 12.9. The summed E-state index contributed by atoms with van der Waals surface area (Å²) in [7, 11) is 0. The summed E-state index contributed by atoms with van der Waals surface area (Å²) in [6, 6.07) is 20.0. The molecule has 0 aliphatic carbocycles. The molecule has 2 amide bonds. The van der Waals surface area contributed by atoms with Gasteiger partial charge in [-0.2, -0.15) is 0 Å². The van der Waals surface area contributed by atoms with E-state index in [-0.39, 0.29) is 6.03 Å². The lowest BCUT2D eigenvalue weighted by atomic mass is 10.2. The van der Waals surface area contributed by atoms with E-state index in [9.17, 15) is 4.79 Å². The first-order valence-electron chi connectivity index (χ1n) is 8.31. The zero-order valence-electron chi connectivity index (χ0n) is 14.5. The predicted octanol–water partition coefficient (Wildman–Crippen LogP) is 5.60. The quantitative estimate of drug-likeness (QED) is 0.638. The zero-order valence-corrected chi connectivity index (χ0v) is 15.3. The number of carbonyl (C=O) groups excluding carboxylic acids is 1. The minimum atomic E-state index is -0.0812. The van der Waals surface area contributed by atoms with Crippen LogP contribution >= 0.6 is 11.3 Å². The standard InChI is InChI=1S/C21H22N2OS/c1-16-7-6-10-19(13-16)22-21(24)23(14-18-8-4-3-5-9-18)15-20-17(2)11-12-25-20/h3-13H,14-15H2,1-2H3,(H,22,24). The van der Waals surface area contributed by atoms with E-state index in [1.165, 1.54) is 10.4 Å². The summed E-state index contributed by atoms with van der Waals surface area (Å²) < 4.78 is 0. The molecule has 3 nitrogen and oxygen atoms in total. The predicted molar refractivity (Wildman–Crippen MR) is 105 cm³/mol. The second-order valence-corrected chi connectivity index (χ2v) is 7.17. The van der Waals surface area contributed by atoms with Gasteiger partial charge < -0.3 is 10.2 Å². The molecule has 0 bridgehead atoms. The van der Waals surface area contributed by atoms with Crippen LogP contribution in [-0.2, 0) is 13.1 Å². The van der Waals surface area contributed by atoms with Crippen molar-refractivity contribution in [2.75, 3.05) is 5.32 Å². The van der Waals surface area contributed by atoms with Crippen LogP contribution in [0, 0.1) is 13.8 Å². The van der Waals surface area contributed by atoms with Gasteiger partial charge >= 0.3 is 6.03 Å². The number of rotatable bonds is 5. The SMILES string of the molecule is Cc1cccc(NC(=O)N(Cc2ccccc2)Cc2sccc2C)c1. The van der Waals surface area contributed by atoms with Crippen LogP contribution in [0.4, 0.5) is 10.5 Å². The number of hydrogen-bond acceptors (Lipinski definition) is 2. The summed E-state index contributed by atoms with van der Waals surface area (Å²) in [5, 5.41) is 5.10. The molecule has 0 saturated carbocycles. The second kappa shape index (κ2) is 7.99. The highest BCUT2D eigenvalue weighted by Gasteiger charge is 2.16. The Labute approximate surface area is 152 Å². The monoisotopic (exact) mass is 350 g/mol. The van der Waals surface area contributed by atoms with Crippen molar-refractivity contribution < 1.29 is 4.79 Å². The van der Waals surface area contributed by atoms with Crippen molar-refractivity contribution in [1.82, 2.24) is 4.90 Å². The summed E-state index contributed by atoms with van der Waals surface area (Å²) in [5.41, 5.74) is 4.30. The lowest BCUT2D eigenvalue weighted by molar-refractivity contribution is 0.207. The third kappa shape index (κ3) is 4.70. The Morgan fingerprint density at radius 2 is 1.80 bits per heavy atom. The Morgan fingerprint density at radius 3 is 2.48 bits per heavy atom. The van der Waals surface area contributed by atoms with Crippen molar-refractivity contribution in [2.45, 2.75) is 26.9 Å². The number of aryl methyl sites for hydroxylation is 2. The van der Waals surface area contributed by atoms with Crippen molar-refractivity contribution in [3.05, 3.63) is 87.6 Å². The van der Waals surface area contributed by atoms with Crippen LogP contribution < -0.4 is 5.32 Å². The third-order valence-electron chi connectivity index (χ3n) is 4.08. The summed E-state index contributed by atoms with van der Waals surface area (Å²) in [6.07, 6.45) is 0. The van der Waals surface area contributed by atoms with Gasteiger partial charge in [-0.15, -0.1) is 11.3 Å². The van der Waals surface area contributed by atoms with E-state index in [1.807, 2.05) is 66.4 Å². The number of urea groups is 1. The van der Waals surface area contributed by atoms with Crippen LogP contribution in [0.5, 0.6) is 0 Å². The van der Waals surface area contributed by atoms with Gasteiger partial charge in [0.15, 0.2) is 0 Å². The van der Waals surface area contributed by atoms with Crippen LogP contribution in [0.25, 0.3) is 0 Å². The van der Waals surface area contributed by atoms with Gasteiger partial charge in [0.2, 0.25) is 0 Å². The van der Waals surface area contributed by atoms with E-state index in [2.05, 4.69) is 23.7 Å². The number of nitrogens with one attached hydrogen (secondary N) is 1.